The summed E-state index contributed by atoms with van der Waals surface area (Å²) < 4.78 is 0. The number of hydrogen-bond donors (Lipinski definition) is 7. The molecule has 0 aliphatic carbocycles. The highest BCUT2D eigenvalue weighted by molar-refractivity contribution is 7.80. The highest BCUT2D eigenvalue weighted by Gasteiger charge is 2.25. The lowest BCUT2D eigenvalue weighted by atomic mass is 10.1. The molecule has 0 fully saturated rings. The van der Waals surface area contributed by atoms with E-state index in [2.05, 4.69) is 28.6 Å². The van der Waals surface area contributed by atoms with E-state index in [0.29, 0.717) is 13.0 Å². The van der Waals surface area contributed by atoms with Crippen molar-refractivity contribution < 1.29 is 19.2 Å². The number of carbonyl (C=O) groups excluding carboxylic acids is 4. The molecule has 0 aromatic carbocycles. The average molecular weight is 391 g/mol. The number of primary amides is 1. The maximum atomic E-state index is 12.1. The molecule has 0 aromatic heterocycles. The SMILES string of the molecule is C[C@H](NC(=O)[C@H](C)NC(=O)[C@@H](N)CCCCN)C(=O)N[C@@H](CS)C(N)=O. The first-order valence-electron chi connectivity index (χ1n) is 8.40. The van der Waals surface area contributed by atoms with Gasteiger partial charge >= 0.3 is 0 Å². The molecule has 0 bridgehead atoms. The van der Waals surface area contributed by atoms with Gasteiger partial charge in [0.2, 0.25) is 23.6 Å². The van der Waals surface area contributed by atoms with Gasteiger partial charge in [-0.25, -0.2) is 0 Å². The van der Waals surface area contributed by atoms with Gasteiger partial charge in [0, 0.05) is 5.75 Å². The second kappa shape index (κ2) is 12.5. The molecule has 4 atom stereocenters. The number of nitrogens with two attached hydrogens (primary N) is 3. The largest absolute Gasteiger partial charge is 0.368 e. The lowest BCUT2D eigenvalue weighted by Crippen LogP contribution is -2.56. The normalized spacial score (nSPS) is 15.3. The molecule has 0 aliphatic rings. The summed E-state index contributed by atoms with van der Waals surface area (Å²) in [5, 5.41) is 7.32. The first kappa shape index (κ1) is 24.1. The van der Waals surface area contributed by atoms with Crippen LogP contribution in [0.5, 0.6) is 0 Å². The van der Waals surface area contributed by atoms with Crippen LogP contribution < -0.4 is 33.2 Å². The Balaban J connectivity index is 4.45. The molecule has 0 radical (unpaired) electrons. The van der Waals surface area contributed by atoms with Crippen molar-refractivity contribution in [2.45, 2.75) is 57.3 Å². The lowest BCUT2D eigenvalue weighted by molar-refractivity contribution is -0.132. The number of carbonyl (C=O) groups is 4. The number of hydrogen-bond acceptors (Lipinski definition) is 7. The van der Waals surface area contributed by atoms with Crippen LogP contribution in [0.2, 0.25) is 0 Å². The van der Waals surface area contributed by atoms with E-state index in [-0.39, 0.29) is 5.75 Å². The summed E-state index contributed by atoms with van der Waals surface area (Å²) in [6, 6.07) is -3.48. The summed E-state index contributed by atoms with van der Waals surface area (Å²) in [7, 11) is 0. The summed E-state index contributed by atoms with van der Waals surface area (Å²) in [5.74, 6) is -2.29. The highest BCUT2D eigenvalue weighted by atomic mass is 32.1. The Labute approximate surface area is 158 Å². The summed E-state index contributed by atoms with van der Waals surface area (Å²) in [6.45, 7) is 3.44. The van der Waals surface area contributed by atoms with Gasteiger partial charge in [0.1, 0.15) is 18.1 Å². The van der Waals surface area contributed by atoms with Crippen molar-refractivity contribution in [2.75, 3.05) is 12.3 Å². The Morgan fingerprint density at radius 1 is 0.923 bits per heavy atom. The Bertz CT molecular complexity index is 505. The molecule has 4 amide bonds. The Kier molecular flexibility index (Phi) is 11.6. The molecule has 0 saturated carbocycles. The van der Waals surface area contributed by atoms with Gasteiger partial charge < -0.3 is 33.2 Å². The third-order valence-electron chi connectivity index (χ3n) is 3.65. The predicted molar refractivity (Wildman–Crippen MR) is 101 cm³/mol. The van der Waals surface area contributed by atoms with Gasteiger partial charge in [-0.2, -0.15) is 12.6 Å². The molecule has 11 heteroatoms. The zero-order chi connectivity index (χ0) is 20.3. The van der Waals surface area contributed by atoms with Gasteiger partial charge in [-0.3, -0.25) is 19.2 Å². The number of amides is 4. The molecule has 10 nitrogen and oxygen atoms in total. The van der Waals surface area contributed by atoms with Crippen molar-refractivity contribution >= 4 is 36.3 Å². The fourth-order valence-corrected chi connectivity index (χ4v) is 2.20. The van der Waals surface area contributed by atoms with Crippen LogP contribution in [0.4, 0.5) is 0 Å². The van der Waals surface area contributed by atoms with Crippen LogP contribution in [0.25, 0.3) is 0 Å². The van der Waals surface area contributed by atoms with Crippen molar-refractivity contribution in [1.29, 1.82) is 0 Å². The van der Waals surface area contributed by atoms with E-state index in [1.54, 1.807) is 0 Å². The van der Waals surface area contributed by atoms with Crippen molar-refractivity contribution in [2.24, 2.45) is 17.2 Å². The van der Waals surface area contributed by atoms with Gasteiger partial charge in [-0.1, -0.05) is 6.42 Å². The number of unbranched alkanes of at least 4 members (excludes halogenated alkanes) is 1. The number of thiol groups is 1. The quantitative estimate of drug-likeness (QED) is 0.141. The van der Waals surface area contributed by atoms with E-state index in [1.807, 2.05) is 0 Å². The van der Waals surface area contributed by atoms with E-state index in [9.17, 15) is 19.2 Å². The first-order valence-corrected chi connectivity index (χ1v) is 9.04. The van der Waals surface area contributed by atoms with E-state index in [4.69, 9.17) is 17.2 Å². The second-order valence-electron chi connectivity index (χ2n) is 6.00. The smallest absolute Gasteiger partial charge is 0.242 e. The summed E-state index contributed by atoms with van der Waals surface area (Å²) in [4.78, 5) is 47.1. The molecular weight excluding hydrogens is 360 g/mol. The zero-order valence-corrected chi connectivity index (χ0v) is 16.1. The summed E-state index contributed by atoms with van der Waals surface area (Å²) in [5.41, 5.74) is 16.3. The number of nitrogens with one attached hydrogen (secondary N) is 3. The molecule has 0 aliphatic heterocycles. The van der Waals surface area contributed by atoms with E-state index < -0.39 is 47.8 Å². The monoisotopic (exact) mass is 390 g/mol. The van der Waals surface area contributed by atoms with Crippen LogP contribution >= 0.6 is 12.6 Å². The van der Waals surface area contributed by atoms with Crippen LogP contribution in [0, 0.1) is 0 Å². The topological polar surface area (TPSA) is 182 Å². The van der Waals surface area contributed by atoms with Crippen LogP contribution in [-0.2, 0) is 19.2 Å². The minimum atomic E-state index is -0.936. The lowest BCUT2D eigenvalue weighted by Gasteiger charge is -2.21. The van der Waals surface area contributed by atoms with Gasteiger partial charge in [-0.05, 0) is 33.2 Å². The van der Waals surface area contributed by atoms with Crippen LogP contribution in [0.15, 0.2) is 0 Å². The summed E-state index contributed by atoms with van der Waals surface area (Å²) >= 11 is 3.92. The molecule has 0 rings (SSSR count). The molecule has 150 valence electrons. The standard InChI is InChI=1S/C15H30N6O4S/c1-8(20-15(25)10(17)5-3-4-6-16)13(23)19-9(2)14(24)21-11(7-26)12(18)22/h8-11,26H,3-7,16-17H2,1-2H3,(H2,18,22)(H,19,23)(H,20,25)(H,21,24)/t8-,9-,10-,11-/m0/s1. The predicted octanol–water partition coefficient (Wildman–Crippen LogP) is -2.65. The zero-order valence-electron chi connectivity index (χ0n) is 15.2. The van der Waals surface area contributed by atoms with Crippen LogP contribution in [0.1, 0.15) is 33.1 Å². The Morgan fingerprint density at radius 3 is 1.88 bits per heavy atom. The fourth-order valence-electron chi connectivity index (χ4n) is 1.93. The van der Waals surface area contributed by atoms with E-state index >= 15 is 0 Å². The Morgan fingerprint density at radius 2 is 1.42 bits per heavy atom. The van der Waals surface area contributed by atoms with Crippen molar-refractivity contribution in [3.8, 4) is 0 Å². The van der Waals surface area contributed by atoms with E-state index in [0.717, 1.165) is 12.8 Å². The fraction of sp³-hybridized carbons (Fsp3) is 0.733. The Hall–Kier alpha value is -1.85. The molecule has 26 heavy (non-hydrogen) atoms. The maximum Gasteiger partial charge on any atom is 0.242 e. The van der Waals surface area contributed by atoms with Crippen LogP contribution in [0.3, 0.4) is 0 Å². The molecule has 0 aromatic rings. The van der Waals surface area contributed by atoms with Gasteiger partial charge in [-0.15, -0.1) is 0 Å². The van der Waals surface area contributed by atoms with Crippen molar-refractivity contribution in [1.82, 2.24) is 16.0 Å². The second-order valence-corrected chi connectivity index (χ2v) is 6.36. The van der Waals surface area contributed by atoms with Crippen molar-refractivity contribution in [3.05, 3.63) is 0 Å². The van der Waals surface area contributed by atoms with Gasteiger partial charge in [0.05, 0.1) is 6.04 Å². The molecule has 0 spiro atoms. The molecule has 0 saturated heterocycles. The number of rotatable bonds is 12. The minimum Gasteiger partial charge on any atom is -0.368 e. The third kappa shape index (κ3) is 9.02. The van der Waals surface area contributed by atoms with E-state index in [1.165, 1.54) is 13.8 Å². The molecule has 9 N–H and O–H groups in total. The van der Waals surface area contributed by atoms with Gasteiger partial charge in [0.25, 0.3) is 0 Å². The molecular formula is C15H30N6O4S. The summed E-state index contributed by atoms with van der Waals surface area (Å²) in [6.07, 6.45) is 1.95. The maximum absolute atomic E-state index is 12.1. The molecule has 0 heterocycles. The first-order chi connectivity index (χ1) is 12.1. The molecule has 0 unspecified atom stereocenters. The minimum absolute atomic E-state index is 0.0379. The average Bonchev–Trinajstić information content (AvgIpc) is 2.58. The highest BCUT2D eigenvalue weighted by Crippen LogP contribution is 1.99. The van der Waals surface area contributed by atoms with Crippen LogP contribution in [-0.4, -0.2) is 60.1 Å². The van der Waals surface area contributed by atoms with Crippen molar-refractivity contribution in [3.63, 3.8) is 0 Å². The van der Waals surface area contributed by atoms with Gasteiger partial charge in [0.15, 0.2) is 0 Å². The third-order valence-corrected chi connectivity index (χ3v) is 4.02.